The molecule has 0 atom stereocenters. The molecule has 6 nitrogen and oxygen atoms in total. The molecule has 3 N–H and O–H groups in total. The quantitative estimate of drug-likeness (QED) is 0.788. The number of nitrogens with zero attached hydrogens (tertiary/aromatic N) is 1. The Bertz CT molecular complexity index is 663. The summed E-state index contributed by atoms with van der Waals surface area (Å²) in [7, 11) is 0. The Morgan fingerprint density at radius 3 is 2.48 bits per heavy atom. The van der Waals surface area contributed by atoms with Crippen LogP contribution in [0.15, 0.2) is 12.1 Å². The molecule has 0 radical (unpaired) electrons. The van der Waals surface area contributed by atoms with E-state index in [4.69, 9.17) is 5.11 Å². The number of carbonyl (C=O) groups is 2. The number of thiazole rings is 1. The van der Waals surface area contributed by atoms with E-state index in [9.17, 15) is 9.59 Å². The van der Waals surface area contributed by atoms with Gasteiger partial charge in [-0.25, -0.2) is 14.6 Å². The van der Waals surface area contributed by atoms with E-state index in [1.165, 1.54) is 4.88 Å². The van der Waals surface area contributed by atoms with Gasteiger partial charge in [-0.3, -0.25) is 0 Å². The van der Waals surface area contributed by atoms with Crippen molar-refractivity contribution in [3.05, 3.63) is 37.5 Å². The molecule has 0 spiro atoms. The van der Waals surface area contributed by atoms with E-state index in [1.807, 2.05) is 19.1 Å². The third-order valence-electron chi connectivity index (χ3n) is 2.65. The highest BCUT2D eigenvalue weighted by Crippen LogP contribution is 2.17. The zero-order valence-electron chi connectivity index (χ0n) is 11.6. The number of carbonyl (C=O) groups excluding carboxylic acids is 1. The van der Waals surface area contributed by atoms with Crippen LogP contribution in [0.25, 0.3) is 0 Å². The fraction of sp³-hybridized carbons (Fsp3) is 0.308. The molecule has 2 heterocycles. The Balaban J connectivity index is 1.81. The van der Waals surface area contributed by atoms with E-state index in [0.29, 0.717) is 17.2 Å². The molecule has 2 aromatic heterocycles. The van der Waals surface area contributed by atoms with Gasteiger partial charge >= 0.3 is 12.0 Å². The molecule has 0 aliphatic carbocycles. The lowest BCUT2D eigenvalue weighted by atomic mass is 10.4. The lowest BCUT2D eigenvalue weighted by Gasteiger charge is -2.04. The summed E-state index contributed by atoms with van der Waals surface area (Å²) in [6, 6.07) is 3.68. The van der Waals surface area contributed by atoms with Crippen LogP contribution in [-0.2, 0) is 13.1 Å². The summed E-state index contributed by atoms with van der Waals surface area (Å²) in [5.41, 5.74) is 0.471. The van der Waals surface area contributed by atoms with Crippen LogP contribution in [0, 0.1) is 13.8 Å². The number of aromatic nitrogens is 1. The highest BCUT2D eigenvalue weighted by atomic mass is 32.1. The van der Waals surface area contributed by atoms with Crippen molar-refractivity contribution in [1.82, 2.24) is 15.6 Å². The molecule has 0 saturated carbocycles. The first-order chi connectivity index (χ1) is 9.95. The molecule has 0 aromatic carbocycles. The highest BCUT2D eigenvalue weighted by molar-refractivity contribution is 7.13. The van der Waals surface area contributed by atoms with Gasteiger partial charge in [0.25, 0.3) is 0 Å². The summed E-state index contributed by atoms with van der Waals surface area (Å²) in [5, 5.41) is 14.9. The first-order valence-corrected chi connectivity index (χ1v) is 7.85. The van der Waals surface area contributed by atoms with Crippen molar-refractivity contribution < 1.29 is 14.7 Å². The standard InChI is InChI=1S/C13H15N3O3S2/c1-7-3-4-9(20-7)5-14-13(19)15-6-10-16-8(2)11(21-10)12(17)18/h3-4H,5-6H2,1-2H3,(H,17,18)(H2,14,15,19). The predicted molar refractivity (Wildman–Crippen MR) is 81.9 cm³/mol. The van der Waals surface area contributed by atoms with Crippen LogP contribution in [0.4, 0.5) is 4.79 Å². The second-order valence-electron chi connectivity index (χ2n) is 4.38. The Morgan fingerprint density at radius 1 is 1.19 bits per heavy atom. The first kappa shape index (κ1) is 15.5. The van der Waals surface area contributed by atoms with Crippen molar-refractivity contribution in [2.45, 2.75) is 26.9 Å². The zero-order chi connectivity index (χ0) is 15.4. The predicted octanol–water partition coefficient (Wildman–Crippen LogP) is 2.52. The summed E-state index contributed by atoms with van der Waals surface area (Å²) >= 11 is 2.71. The minimum atomic E-state index is -0.992. The summed E-state index contributed by atoms with van der Waals surface area (Å²) < 4.78 is 0. The smallest absolute Gasteiger partial charge is 0.347 e. The molecule has 0 aliphatic rings. The number of amides is 2. The van der Waals surface area contributed by atoms with E-state index < -0.39 is 5.97 Å². The van der Waals surface area contributed by atoms with E-state index in [1.54, 1.807) is 18.3 Å². The van der Waals surface area contributed by atoms with E-state index in [2.05, 4.69) is 15.6 Å². The Kier molecular flexibility index (Phi) is 4.92. The maximum absolute atomic E-state index is 11.7. The van der Waals surface area contributed by atoms with Crippen molar-refractivity contribution in [2.75, 3.05) is 0 Å². The number of aromatic carboxylic acids is 1. The van der Waals surface area contributed by atoms with Gasteiger partial charge in [-0.05, 0) is 26.0 Å². The van der Waals surface area contributed by atoms with Gasteiger partial charge in [0.2, 0.25) is 0 Å². The van der Waals surface area contributed by atoms with Gasteiger partial charge < -0.3 is 15.7 Å². The summed E-state index contributed by atoms with van der Waals surface area (Å²) in [6.07, 6.45) is 0. The lowest BCUT2D eigenvalue weighted by molar-refractivity contribution is 0.0701. The lowest BCUT2D eigenvalue weighted by Crippen LogP contribution is -2.34. The van der Waals surface area contributed by atoms with E-state index in [0.717, 1.165) is 16.2 Å². The second-order valence-corrected chi connectivity index (χ2v) is 6.83. The SMILES string of the molecule is Cc1ccc(CNC(=O)NCc2nc(C)c(C(=O)O)s2)s1. The number of rotatable bonds is 5. The van der Waals surface area contributed by atoms with Crippen LogP contribution in [0.2, 0.25) is 0 Å². The third kappa shape index (κ3) is 4.27. The van der Waals surface area contributed by atoms with Crippen LogP contribution >= 0.6 is 22.7 Å². The van der Waals surface area contributed by atoms with Crippen molar-refractivity contribution in [2.24, 2.45) is 0 Å². The zero-order valence-corrected chi connectivity index (χ0v) is 13.2. The molecule has 0 fully saturated rings. The number of hydrogen-bond acceptors (Lipinski definition) is 5. The van der Waals surface area contributed by atoms with Crippen molar-refractivity contribution >= 4 is 34.7 Å². The average Bonchev–Trinajstić information content (AvgIpc) is 3.00. The first-order valence-electron chi connectivity index (χ1n) is 6.22. The highest BCUT2D eigenvalue weighted by Gasteiger charge is 2.14. The molecule has 0 aliphatic heterocycles. The van der Waals surface area contributed by atoms with Crippen molar-refractivity contribution in [3.8, 4) is 0 Å². The van der Waals surface area contributed by atoms with Gasteiger partial charge in [-0.1, -0.05) is 0 Å². The van der Waals surface area contributed by atoms with Crippen LogP contribution in [0.1, 0.15) is 30.1 Å². The summed E-state index contributed by atoms with van der Waals surface area (Å²) in [6.45, 7) is 4.34. The number of nitrogens with one attached hydrogen (secondary N) is 2. The van der Waals surface area contributed by atoms with Gasteiger partial charge in [0.05, 0.1) is 18.8 Å². The molecule has 0 bridgehead atoms. The molecule has 0 saturated heterocycles. The van der Waals surface area contributed by atoms with Gasteiger partial charge in [0.15, 0.2) is 0 Å². The van der Waals surface area contributed by atoms with Crippen LogP contribution in [0.3, 0.4) is 0 Å². The maximum atomic E-state index is 11.7. The van der Waals surface area contributed by atoms with E-state index in [-0.39, 0.29) is 17.5 Å². The van der Waals surface area contributed by atoms with Crippen LogP contribution < -0.4 is 10.6 Å². The average molecular weight is 325 g/mol. The maximum Gasteiger partial charge on any atom is 0.347 e. The fourth-order valence-corrected chi connectivity index (χ4v) is 3.37. The molecule has 21 heavy (non-hydrogen) atoms. The van der Waals surface area contributed by atoms with Gasteiger partial charge in [0, 0.05) is 9.75 Å². The number of urea groups is 1. The van der Waals surface area contributed by atoms with Gasteiger partial charge in [-0.15, -0.1) is 22.7 Å². The molecule has 0 unspecified atom stereocenters. The van der Waals surface area contributed by atoms with Gasteiger partial charge in [0.1, 0.15) is 9.88 Å². The van der Waals surface area contributed by atoms with Crippen molar-refractivity contribution in [1.29, 1.82) is 0 Å². The molecule has 2 amide bonds. The monoisotopic (exact) mass is 325 g/mol. The fourth-order valence-electron chi connectivity index (χ4n) is 1.69. The number of thiophene rings is 1. The minimum absolute atomic E-state index is 0.210. The molecule has 8 heteroatoms. The molecular formula is C13H15N3O3S2. The topological polar surface area (TPSA) is 91.3 Å². The Labute approximate surface area is 129 Å². The van der Waals surface area contributed by atoms with Crippen LogP contribution in [0.5, 0.6) is 0 Å². The Morgan fingerprint density at radius 2 is 1.90 bits per heavy atom. The van der Waals surface area contributed by atoms with E-state index >= 15 is 0 Å². The number of carboxylic acids is 1. The molecule has 2 rings (SSSR count). The summed E-state index contributed by atoms with van der Waals surface area (Å²) in [5.74, 6) is -0.992. The van der Waals surface area contributed by atoms with Crippen LogP contribution in [-0.4, -0.2) is 22.1 Å². The van der Waals surface area contributed by atoms with Crippen molar-refractivity contribution in [3.63, 3.8) is 0 Å². The molecule has 112 valence electrons. The minimum Gasteiger partial charge on any atom is -0.477 e. The second kappa shape index (κ2) is 6.68. The largest absolute Gasteiger partial charge is 0.477 e. The third-order valence-corrected chi connectivity index (χ3v) is 4.80. The number of aryl methyl sites for hydroxylation is 2. The Hall–Kier alpha value is -1.93. The normalized spacial score (nSPS) is 10.4. The van der Waals surface area contributed by atoms with Gasteiger partial charge in [-0.2, -0.15) is 0 Å². The molecule has 2 aromatic rings. The number of hydrogen-bond donors (Lipinski definition) is 3. The molecular weight excluding hydrogens is 310 g/mol. The number of carboxylic acid groups (broad SMARTS) is 1. The summed E-state index contributed by atoms with van der Waals surface area (Å²) in [4.78, 5) is 29.2.